The quantitative estimate of drug-likeness (QED) is 0.778. The number of hydrogen-bond acceptors (Lipinski definition) is 2. The van der Waals surface area contributed by atoms with E-state index in [4.69, 9.17) is 11.6 Å². The number of H-pyrrole nitrogens is 1. The number of aromatic amines is 1. The van der Waals surface area contributed by atoms with E-state index < -0.39 is 0 Å². The van der Waals surface area contributed by atoms with Crippen LogP contribution in [0.2, 0.25) is 0 Å². The first-order chi connectivity index (χ1) is 10.1. The molecule has 0 saturated carbocycles. The SMILES string of the molecule is Cc1cccc2c(=O)[nH]c(C(Cl)=Cc3ccccc3)nc12. The summed E-state index contributed by atoms with van der Waals surface area (Å²) in [6, 6.07) is 15.2. The molecule has 0 amide bonds. The lowest BCUT2D eigenvalue weighted by atomic mass is 10.1. The molecule has 0 aliphatic carbocycles. The van der Waals surface area contributed by atoms with Gasteiger partial charge in [-0.1, -0.05) is 54.1 Å². The summed E-state index contributed by atoms with van der Waals surface area (Å²) in [4.78, 5) is 19.3. The highest BCUT2D eigenvalue weighted by atomic mass is 35.5. The van der Waals surface area contributed by atoms with Crippen molar-refractivity contribution < 1.29 is 0 Å². The van der Waals surface area contributed by atoms with Crippen molar-refractivity contribution in [2.45, 2.75) is 6.92 Å². The third-order valence-electron chi connectivity index (χ3n) is 3.26. The molecular formula is C17H13ClN2O. The Hall–Kier alpha value is -2.39. The Morgan fingerprint density at radius 3 is 2.67 bits per heavy atom. The summed E-state index contributed by atoms with van der Waals surface area (Å²) in [5.41, 5.74) is 2.40. The molecule has 3 nitrogen and oxygen atoms in total. The van der Waals surface area contributed by atoms with Gasteiger partial charge in [0.25, 0.3) is 5.56 Å². The summed E-state index contributed by atoms with van der Waals surface area (Å²) >= 11 is 6.29. The molecule has 104 valence electrons. The number of aryl methyl sites for hydroxylation is 1. The number of nitrogens with one attached hydrogen (secondary N) is 1. The summed E-state index contributed by atoms with van der Waals surface area (Å²) in [7, 11) is 0. The lowest BCUT2D eigenvalue weighted by Gasteiger charge is -2.04. The first kappa shape index (κ1) is 13.6. The van der Waals surface area contributed by atoms with Crippen LogP contribution < -0.4 is 5.56 Å². The highest BCUT2D eigenvalue weighted by Gasteiger charge is 2.08. The fourth-order valence-corrected chi connectivity index (χ4v) is 2.40. The average molecular weight is 297 g/mol. The molecule has 1 heterocycles. The molecule has 0 bridgehead atoms. The maximum Gasteiger partial charge on any atom is 0.259 e. The van der Waals surface area contributed by atoms with E-state index in [1.165, 1.54) is 0 Å². The van der Waals surface area contributed by atoms with E-state index in [0.717, 1.165) is 11.1 Å². The van der Waals surface area contributed by atoms with Gasteiger partial charge in [0.15, 0.2) is 5.82 Å². The van der Waals surface area contributed by atoms with Gasteiger partial charge in [-0.15, -0.1) is 0 Å². The maximum atomic E-state index is 12.1. The molecule has 0 unspecified atom stereocenters. The molecule has 1 aromatic heterocycles. The van der Waals surface area contributed by atoms with Gasteiger partial charge in [-0.2, -0.15) is 0 Å². The standard InChI is InChI=1S/C17H13ClN2O/c1-11-6-5-9-13-15(11)19-16(20-17(13)21)14(18)10-12-7-3-2-4-8-12/h2-10H,1H3,(H,19,20,21). The van der Waals surface area contributed by atoms with E-state index in [2.05, 4.69) is 9.97 Å². The van der Waals surface area contributed by atoms with Crippen LogP contribution in [0.25, 0.3) is 22.0 Å². The first-order valence-corrected chi connectivity index (χ1v) is 6.95. The largest absolute Gasteiger partial charge is 0.305 e. The number of halogens is 1. The van der Waals surface area contributed by atoms with Crippen LogP contribution in [0.15, 0.2) is 53.3 Å². The van der Waals surface area contributed by atoms with Gasteiger partial charge in [0, 0.05) is 0 Å². The molecular weight excluding hydrogens is 284 g/mol. The highest BCUT2D eigenvalue weighted by molar-refractivity contribution is 6.50. The minimum Gasteiger partial charge on any atom is -0.305 e. The Labute approximate surface area is 126 Å². The number of benzene rings is 2. The maximum absolute atomic E-state index is 12.1. The van der Waals surface area contributed by atoms with Crippen molar-refractivity contribution in [2.75, 3.05) is 0 Å². The number of aromatic nitrogens is 2. The fourth-order valence-electron chi connectivity index (χ4n) is 2.18. The summed E-state index contributed by atoms with van der Waals surface area (Å²) in [6.45, 7) is 1.92. The first-order valence-electron chi connectivity index (χ1n) is 6.57. The molecule has 0 radical (unpaired) electrons. The molecule has 0 spiro atoms. The summed E-state index contributed by atoms with van der Waals surface area (Å²) in [5.74, 6) is 0.382. The monoisotopic (exact) mass is 296 g/mol. The van der Waals surface area contributed by atoms with Crippen molar-refractivity contribution >= 4 is 33.6 Å². The molecule has 0 atom stereocenters. The normalized spacial score (nSPS) is 11.8. The van der Waals surface area contributed by atoms with Gasteiger partial charge in [-0.3, -0.25) is 4.79 Å². The molecule has 4 heteroatoms. The number of nitrogens with zero attached hydrogens (tertiary/aromatic N) is 1. The fraction of sp³-hybridized carbons (Fsp3) is 0.0588. The van der Waals surface area contributed by atoms with E-state index in [0.29, 0.717) is 21.8 Å². The van der Waals surface area contributed by atoms with E-state index in [1.54, 1.807) is 12.1 Å². The van der Waals surface area contributed by atoms with E-state index in [9.17, 15) is 4.79 Å². The zero-order valence-electron chi connectivity index (χ0n) is 11.4. The van der Waals surface area contributed by atoms with Gasteiger partial charge >= 0.3 is 0 Å². The van der Waals surface area contributed by atoms with Gasteiger partial charge in [0.2, 0.25) is 0 Å². The Morgan fingerprint density at radius 1 is 1.14 bits per heavy atom. The second kappa shape index (κ2) is 5.54. The van der Waals surface area contributed by atoms with E-state index >= 15 is 0 Å². The third-order valence-corrected chi connectivity index (χ3v) is 3.55. The molecule has 2 aromatic carbocycles. The van der Waals surface area contributed by atoms with Crippen LogP contribution in [0.1, 0.15) is 17.0 Å². The van der Waals surface area contributed by atoms with Gasteiger partial charge in [-0.05, 0) is 30.2 Å². The number of rotatable bonds is 2. The molecule has 21 heavy (non-hydrogen) atoms. The van der Waals surface area contributed by atoms with Crippen molar-refractivity contribution in [3.63, 3.8) is 0 Å². The van der Waals surface area contributed by atoms with Crippen LogP contribution in [0.3, 0.4) is 0 Å². The predicted molar refractivity (Wildman–Crippen MR) is 87.3 cm³/mol. The lowest BCUT2D eigenvalue weighted by molar-refractivity contribution is 1.13. The van der Waals surface area contributed by atoms with Crippen LogP contribution in [0, 0.1) is 6.92 Å². The molecule has 0 aliphatic heterocycles. The van der Waals surface area contributed by atoms with E-state index in [-0.39, 0.29) is 5.56 Å². The molecule has 0 saturated heterocycles. The smallest absolute Gasteiger partial charge is 0.259 e. The molecule has 3 aromatic rings. The van der Waals surface area contributed by atoms with Crippen LogP contribution in [-0.4, -0.2) is 9.97 Å². The van der Waals surface area contributed by atoms with Crippen molar-refractivity contribution in [1.82, 2.24) is 9.97 Å². The van der Waals surface area contributed by atoms with Crippen molar-refractivity contribution in [3.05, 3.63) is 75.8 Å². The van der Waals surface area contributed by atoms with Gasteiger partial charge < -0.3 is 4.98 Å². The summed E-state index contributed by atoms with van der Waals surface area (Å²) < 4.78 is 0. The number of hydrogen-bond donors (Lipinski definition) is 1. The zero-order valence-corrected chi connectivity index (χ0v) is 12.2. The molecule has 1 N–H and O–H groups in total. The summed E-state index contributed by atoms with van der Waals surface area (Å²) in [5, 5.41) is 0.978. The second-order valence-corrected chi connectivity index (χ2v) is 5.20. The predicted octanol–water partition coefficient (Wildman–Crippen LogP) is 3.97. The highest BCUT2D eigenvalue weighted by Crippen LogP contribution is 2.20. The van der Waals surface area contributed by atoms with Gasteiger partial charge in [0.05, 0.1) is 15.9 Å². The zero-order chi connectivity index (χ0) is 14.8. The van der Waals surface area contributed by atoms with Crippen molar-refractivity contribution in [2.24, 2.45) is 0 Å². The Bertz CT molecular complexity index is 882. The third kappa shape index (κ3) is 2.73. The minimum absolute atomic E-state index is 0.182. The topological polar surface area (TPSA) is 45.8 Å². The number of para-hydroxylation sites is 1. The summed E-state index contributed by atoms with van der Waals surface area (Å²) in [6.07, 6.45) is 1.78. The number of fused-ring (bicyclic) bond motifs is 1. The van der Waals surface area contributed by atoms with Gasteiger partial charge in [-0.25, -0.2) is 4.98 Å². The van der Waals surface area contributed by atoms with Crippen molar-refractivity contribution in [3.8, 4) is 0 Å². The molecule has 0 aliphatic rings. The lowest BCUT2D eigenvalue weighted by Crippen LogP contribution is -2.11. The minimum atomic E-state index is -0.182. The average Bonchev–Trinajstić information content (AvgIpc) is 2.49. The van der Waals surface area contributed by atoms with Crippen LogP contribution in [0.5, 0.6) is 0 Å². The van der Waals surface area contributed by atoms with Crippen LogP contribution >= 0.6 is 11.6 Å². The van der Waals surface area contributed by atoms with Crippen LogP contribution in [0.4, 0.5) is 0 Å². The Kier molecular flexibility index (Phi) is 3.59. The molecule has 3 rings (SSSR count). The van der Waals surface area contributed by atoms with Gasteiger partial charge in [0.1, 0.15) is 0 Å². The Balaban J connectivity index is 2.15. The molecule has 0 fully saturated rings. The van der Waals surface area contributed by atoms with Crippen LogP contribution in [-0.2, 0) is 0 Å². The van der Waals surface area contributed by atoms with E-state index in [1.807, 2.05) is 49.4 Å². The van der Waals surface area contributed by atoms with Crippen molar-refractivity contribution in [1.29, 1.82) is 0 Å². The Morgan fingerprint density at radius 2 is 1.90 bits per heavy atom. The second-order valence-electron chi connectivity index (χ2n) is 4.79.